The standard InChI is InChI=1S/C20H27N5O3/c1-25-19(22-20(26)27-12-11-14-7-8-14)18(23-24-25)17-10-9-16(13-21-17)28-15-5-3-2-4-6-15/h9-10,13-15H,2-8,11-12H2,1H3,(H,22,26). The van der Waals surface area contributed by atoms with Crippen molar-refractivity contribution < 1.29 is 14.3 Å². The maximum Gasteiger partial charge on any atom is 0.412 e. The van der Waals surface area contributed by atoms with Gasteiger partial charge in [0.1, 0.15) is 5.75 Å². The molecular weight excluding hydrogens is 358 g/mol. The first-order valence-electron chi connectivity index (χ1n) is 10.2. The number of pyridine rings is 1. The Morgan fingerprint density at radius 1 is 1.21 bits per heavy atom. The molecule has 0 saturated heterocycles. The zero-order valence-electron chi connectivity index (χ0n) is 16.3. The summed E-state index contributed by atoms with van der Waals surface area (Å²) in [5, 5.41) is 10.9. The second-order valence-electron chi connectivity index (χ2n) is 7.66. The van der Waals surface area contributed by atoms with Crippen LogP contribution in [-0.2, 0) is 11.8 Å². The summed E-state index contributed by atoms with van der Waals surface area (Å²) in [6.07, 6.45) is 10.8. The minimum Gasteiger partial charge on any atom is -0.489 e. The van der Waals surface area contributed by atoms with E-state index in [0.717, 1.165) is 30.9 Å². The molecule has 2 saturated carbocycles. The van der Waals surface area contributed by atoms with Crippen LogP contribution < -0.4 is 10.1 Å². The van der Waals surface area contributed by atoms with Gasteiger partial charge < -0.3 is 9.47 Å². The smallest absolute Gasteiger partial charge is 0.412 e. The molecule has 8 heteroatoms. The maximum atomic E-state index is 12.1. The third-order valence-electron chi connectivity index (χ3n) is 5.34. The van der Waals surface area contributed by atoms with E-state index >= 15 is 0 Å². The van der Waals surface area contributed by atoms with E-state index in [2.05, 4.69) is 20.6 Å². The van der Waals surface area contributed by atoms with Gasteiger partial charge in [-0.3, -0.25) is 10.3 Å². The highest BCUT2D eigenvalue weighted by Crippen LogP contribution is 2.32. The lowest BCUT2D eigenvalue weighted by atomic mass is 9.98. The molecule has 4 rings (SSSR count). The monoisotopic (exact) mass is 385 g/mol. The van der Waals surface area contributed by atoms with Crippen LogP contribution in [0.5, 0.6) is 5.75 Å². The van der Waals surface area contributed by atoms with Crippen molar-refractivity contribution >= 4 is 11.9 Å². The molecular formula is C20H27N5O3. The van der Waals surface area contributed by atoms with Gasteiger partial charge in [0.2, 0.25) is 0 Å². The lowest BCUT2D eigenvalue weighted by molar-refractivity contribution is 0.154. The number of carbonyl (C=O) groups is 1. The molecule has 28 heavy (non-hydrogen) atoms. The van der Waals surface area contributed by atoms with Gasteiger partial charge in [-0.25, -0.2) is 9.48 Å². The summed E-state index contributed by atoms with van der Waals surface area (Å²) in [7, 11) is 1.72. The lowest BCUT2D eigenvalue weighted by Gasteiger charge is -2.22. The molecule has 2 aromatic heterocycles. The number of ether oxygens (including phenoxy) is 2. The Balaban J connectivity index is 1.38. The molecule has 1 amide bonds. The van der Waals surface area contributed by atoms with Crippen LogP contribution in [0.25, 0.3) is 11.4 Å². The van der Waals surface area contributed by atoms with Crippen LogP contribution in [0.3, 0.4) is 0 Å². The Labute approximate surface area is 164 Å². The van der Waals surface area contributed by atoms with Crippen molar-refractivity contribution in [2.45, 2.75) is 57.5 Å². The van der Waals surface area contributed by atoms with Crippen molar-refractivity contribution in [3.05, 3.63) is 18.3 Å². The average molecular weight is 385 g/mol. The number of nitrogens with one attached hydrogen (secondary N) is 1. The van der Waals surface area contributed by atoms with Gasteiger partial charge in [0, 0.05) is 7.05 Å². The average Bonchev–Trinajstić information content (AvgIpc) is 3.47. The summed E-state index contributed by atoms with van der Waals surface area (Å²) in [6, 6.07) is 3.73. The number of carbonyl (C=O) groups excluding carboxylic acids is 1. The number of rotatable bonds is 7. The van der Waals surface area contributed by atoms with E-state index in [1.807, 2.05) is 12.1 Å². The fourth-order valence-electron chi connectivity index (χ4n) is 3.49. The number of aryl methyl sites for hydroxylation is 1. The number of nitrogens with zero attached hydrogens (tertiary/aromatic N) is 4. The molecule has 1 N–H and O–H groups in total. The van der Waals surface area contributed by atoms with E-state index in [1.165, 1.54) is 36.8 Å². The molecule has 0 aliphatic heterocycles. The number of amides is 1. The molecule has 8 nitrogen and oxygen atoms in total. The molecule has 2 aliphatic rings. The second-order valence-corrected chi connectivity index (χ2v) is 7.66. The van der Waals surface area contributed by atoms with Gasteiger partial charge in [0.25, 0.3) is 0 Å². The van der Waals surface area contributed by atoms with E-state index < -0.39 is 6.09 Å². The fourth-order valence-corrected chi connectivity index (χ4v) is 3.49. The largest absolute Gasteiger partial charge is 0.489 e. The van der Waals surface area contributed by atoms with Crippen LogP contribution in [0.1, 0.15) is 51.4 Å². The molecule has 0 radical (unpaired) electrons. The highest BCUT2D eigenvalue weighted by Gasteiger charge is 2.22. The Morgan fingerprint density at radius 2 is 2.04 bits per heavy atom. The molecule has 150 valence electrons. The van der Waals surface area contributed by atoms with Gasteiger partial charge in [0.15, 0.2) is 11.5 Å². The van der Waals surface area contributed by atoms with Crippen molar-refractivity contribution in [2.75, 3.05) is 11.9 Å². The second kappa shape index (κ2) is 8.58. The molecule has 2 fully saturated rings. The predicted molar refractivity (Wildman–Crippen MR) is 104 cm³/mol. The zero-order chi connectivity index (χ0) is 19.3. The van der Waals surface area contributed by atoms with Crippen LogP contribution in [0, 0.1) is 5.92 Å². The predicted octanol–water partition coefficient (Wildman–Crippen LogP) is 3.94. The van der Waals surface area contributed by atoms with E-state index in [1.54, 1.807) is 13.2 Å². The minimum atomic E-state index is -0.496. The molecule has 0 atom stereocenters. The third-order valence-corrected chi connectivity index (χ3v) is 5.34. The molecule has 0 aromatic carbocycles. The first-order chi connectivity index (χ1) is 13.7. The normalized spacial score (nSPS) is 17.3. The Hall–Kier alpha value is -2.64. The van der Waals surface area contributed by atoms with E-state index in [0.29, 0.717) is 23.8 Å². The van der Waals surface area contributed by atoms with Crippen LogP contribution >= 0.6 is 0 Å². The van der Waals surface area contributed by atoms with Gasteiger partial charge in [-0.15, -0.1) is 5.10 Å². The van der Waals surface area contributed by atoms with Crippen molar-refractivity contribution in [1.29, 1.82) is 0 Å². The van der Waals surface area contributed by atoms with Gasteiger partial charge in [-0.05, 0) is 50.2 Å². The summed E-state index contributed by atoms with van der Waals surface area (Å²) >= 11 is 0. The highest BCUT2D eigenvalue weighted by atomic mass is 16.5. The quantitative estimate of drug-likeness (QED) is 0.776. The summed E-state index contributed by atoms with van der Waals surface area (Å²) in [6.45, 7) is 0.433. The van der Waals surface area contributed by atoms with Crippen LogP contribution in [-0.4, -0.2) is 38.8 Å². The lowest BCUT2D eigenvalue weighted by Crippen LogP contribution is -2.19. The molecule has 2 aromatic rings. The first kappa shape index (κ1) is 18.7. The molecule has 2 heterocycles. The highest BCUT2D eigenvalue weighted by molar-refractivity contribution is 5.88. The van der Waals surface area contributed by atoms with Gasteiger partial charge in [-0.2, -0.15) is 0 Å². The van der Waals surface area contributed by atoms with Crippen molar-refractivity contribution in [3.8, 4) is 17.1 Å². The van der Waals surface area contributed by atoms with E-state index in [4.69, 9.17) is 9.47 Å². The SMILES string of the molecule is Cn1nnc(-c2ccc(OC3CCCCC3)cn2)c1NC(=O)OCCC1CC1. The Kier molecular flexibility index (Phi) is 5.73. The summed E-state index contributed by atoms with van der Waals surface area (Å²) in [5.74, 6) is 1.94. The molecule has 0 unspecified atom stereocenters. The first-order valence-corrected chi connectivity index (χ1v) is 10.2. The third kappa shape index (κ3) is 4.79. The van der Waals surface area contributed by atoms with Crippen LogP contribution in [0.4, 0.5) is 10.6 Å². The molecule has 0 bridgehead atoms. The number of aromatic nitrogens is 4. The van der Waals surface area contributed by atoms with Crippen molar-refractivity contribution in [1.82, 2.24) is 20.0 Å². The Bertz CT molecular complexity index is 795. The van der Waals surface area contributed by atoms with Crippen LogP contribution in [0.15, 0.2) is 18.3 Å². The number of hydrogen-bond donors (Lipinski definition) is 1. The van der Waals surface area contributed by atoms with Gasteiger partial charge in [-0.1, -0.05) is 24.5 Å². The molecule has 0 spiro atoms. The van der Waals surface area contributed by atoms with Crippen molar-refractivity contribution in [3.63, 3.8) is 0 Å². The van der Waals surface area contributed by atoms with Gasteiger partial charge in [0.05, 0.1) is 24.6 Å². The van der Waals surface area contributed by atoms with Crippen molar-refractivity contribution in [2.24, 2.45) is 13.0 Å². The van der Waals surface area contributed by atoms with Gasteiger partial charge >= 0.3 is 6.09 Å². The topological polar surface area (TPSA) is 91.2 Å². The van der Waals surface area contributed by atoms with E-state index in [-0.39, 0.29) is 6.10 Å². The molecule has 2 aliphatic carbocycles. The summed E-state index contributed by atoms with van der Waals surface area (Å²) in [4.78, 5) is 16.5. The summed E-state index contributed by atoms with van der Waals surface area (Å²) in [5.41, 5.74) is 1.13. The Morgan fingerprint density at radius 3 is 2.75 bits per heavy atom. The number of hydrogen-bond acceptors (Lipinski definition) is 6. The minimum absolute atomic E-state index is 0.278. The van der Waals surface area contributed by atoms with E-state index in [9.17, 15) is 4.79 Å². The zero-order valence-corrected chi connectivity index (χ0v) is 16.3. The fraction of sp³-hybridized carbons (Fsp3) is 0.600. The summed E-state index contributed by atoms with van der Waals surface area (Å²) < 4.78 is 12.8. The van der Waals surface area contributed by atoms with Crippen LogP contribution in [0.2, 0.25) is 0 Å². The maximum absolute atomic E-state index is 12.1. The number of anilines is 1.